The van der Waals surface area contributed by atoms with Crippen LogP contribution in [-0.4, -0.2) is 235 Å². The van der Waals surface area contributed by atoms with Crippen molar-refractivity contribution in [1.29, 1.82) is 0 Å². The van der Waals surface area contributed by atoms with Crippen LogP contribution in [0.15, 0.2) is 4.42 Å². The third-order valence-electron chi connectivity index (χ3n) is 16.1. The average molecular weight is 941 g/mol. The minimum absolute atomic E-state index is 0.0288. The second-order valence-electron chi connectivity index (χ2n) is 19.9. The summed E-state index contributed by atoms with van der Waals surface area (Å²) in [5.41, 5.74) is -6.24. The van der Waals surface area contributed by atoms with Gasteiger partial charge in [-0.25, -0.2) is 0 Å². The van der Waals surface area contributed by atoms with Crippen LogP contribution in [0.25, 0.3) is 109 Å². The highest BCUT2D eigenvalue weighted by atomic mass is 16.3. The monoisotopic (exact) mass is 946 g/mol. The molecular formula is C50B30O. The molecule has 0 bridgehead atoms. The first kappa shape index (κ1) is 58.0. The van der Waals surface area contributed by atoms with Crippen molar-refractivity contribution in [1.82, 2.24) is 0 Å². The quantitative estimate of drug-likeness (QED) is 0.0977. The lowest BCUT2D eigenvalue weighted by molar-refractivity contribution is 0.676. The van der Waals surface area contributed by atoms with Crippen molar-refractivity contribution in [3.63, 3.8) is 0 Å². The van der Waals surface area contributed by atoms with E-state index < -0.39 is 0 Å². The van der Waals surface area contributed by atoms with Gasteiger partial charge in [0.1, 0.15) is 247 Å². The molecular weight excluding hydrogens is 941 g/mol. The zero-order chi connectivity index (χ0) is 59.6. The van der Waals surface area contributed by atoms with Crippen LogP contribution in [0, 0.1) is 0 Å². The maximum Gasteiger partial charge on any atom is 0.141 e. The minimum atomic E-state index is -0.307. The van der Waals surface area contributed by atoms with E-state index >= 15 is 0 Å². The maximum absolute atomic E-state index is 7.57. The third-order valence-corrected chi connectivity index (χ3v) is 16.1. The summed E-state index contributed by atoms with van der Waals surface area (Å²) >= 11 is 0. The predicted octanol–water partition coefficient (Wildman–Crippen LogP) is -21.8. The van der Waals surface area contributed by atoms with Gasteiger partial charge < -0.3 is 4.42 Å². The molecule has 11 aromatic rings. The normalized spacial score (nSPS) is 12.0. The molecule has 0 unspecified atom stereocenters. The molecule has 0 spiro atoms. The fourth-order valence-corrected chi connectivity index (χ4v) is 11.8. The zero-order valence-electron chi connectivity index (χ0n) is 42.7. The molecule has 60 radical (unpaired) electrons. The van der Waals surface area contributed by atoms with Crippen LogP contribution in [0.3, 0.4) is 0 Å². The Morgan fingerprint density at radius 1 is 0.111 bits per heavy atom. The van der Waals surface area contributed by atoms with Gasteiger partial charge >= 0.3 is 0 Å². The Kier molecular flexibility index (Phi) is 13.9. The molecule has 0 aliphatic rings. The van der Waals surface area contributed by atoms with E-state index in [4.69, 9.17) is 240 Å². The molecule has 0 aliphatic carbocycles. The fraction of sp³-hybridized carbons (Fsp3) is 0. The summed E-state index contributed by atoms with van der Waals surface area (Å²) in [4.78, 5) is 0. The van der Waals surface area contributed by atoms with Crippen LogP contribution in [0.2, 0.25) is 0 Å². The van der Waals surface area contributed by atoms with E-state index in [0.717, 1.165) is 0 Å². The second-order valence-corrected chi connectivity index (χ2v) is 19.9. The van der Waals surface area contributed by atoms with Gasteiger partial charge in [0.15, 0.2) is 0 Å². The minimum Gasteiger partial charge on any atom is -0.456 e. The molecule has 1 heterocycles. The fourth-order valence-electron chi connectivity index (χ4n) is 11.8. The van der Waals surface area contributed by atoms with Gasteiger partial charge in [-0.3, -0.25) is 0 Å². The zero-order valence-corrected chi connectivity index (χ0v) is 42.7. The van der Waals surface area contributed by atoms with Crippen molar-refractivity contribution in [2.75, 3.05) is 0 Å². The Morgan fingerprint density at radius 2 is 0.321 bits per heavy atom. The largest absolute Gasteiger partial charge is 0.456 e. The summed E-state index contributed by atoms with van der Waals surface area (Å²) in [6.07, 6.45) is 0. The number of benzene rings is 10. The van der Waals surface area contributed by atoms with Crippen molar-refractivity contribution in [3.8, 4) is 33.4 Å². The SMILES string of the molecule is [B]c1c([B])c(-c2c3c([B])c([B])c([B])c([B])c3c(-c3c([B])c([B])c([B])c4oc5c6c([B])c([B])c([B])c([B])c6c([B])c([B])c5c34)c3c([B])c([B])c([B])c([B])c23)c([B])c(-c2c([B])c([B])c([B])c3c([B])c([B])c4c([B])c([B])c([B])c([B])c4c23)c1[B]. The van der Waals surface area contributed by atoms with Crippen molar-refractivity contribution in [2.45, 2.75) is 0 Å². The summed E-state index contributed by atoms with van der Waals surface area (Å²) in [6, 6.07) is 0. The lowest BCUT2D eigenvalue weighted by atomic mass is 9.55. The summed E-state index contributed by atoms with van der Waals surface area (Å²) in [6.45, 7) is 0. The van der Waals surface area contributed by atoms with Gasteiger partial charge in [-0.2, -0.15) is 0 Å². The van der Waals surface area contributed by atoms with Gasteiger partial charge in [0.25, 0.3) is 0 Å². The highest BCUT2D eigenvalue weighted by molar-refractivity contribution is 6.79. The molecule has 1 nitrogen and oxygen atoms in total. The number of hydrogen-bond acceptors (Lipinski definition) is 1. The van der Waals surface area contributed by atoms with Crippen LogP contribution in [0.1, 0.15) is 0 Å². The number of rotatable bonds is 3. The molecule has 0 saturated carbocycles. The van der Waals surface area contributed by atoms with E-state index in [1.54, 1.807) is 0 Å². The Labute approximate surface area is 509 Å². The van der Waals surface area contributed by atoms with Crippen molar-refractivity contribution < 1.29 is 4.42 Å². The van der Waals surface area contributed by atoms with Gasteiger partial charge in [0, 0.05) is 16.2 Å². The summed E-state index contributed by atoms with van der Waals surface area (Å²) in [7, 11) is 206. The summed E-state index contributed by atoms with van der Waals surface area (Å²) in [5.74, 6) is 0. The second kappa shape index (κ2) is 19.4. The van der Waals surface area contributed by atoms with Crippen LogP contribution >= 0.6 is 0 Å². The van der Waals surface area contributed by atoms with Crippen molar-refractivity contribution in [3.05, 3.63) is 0 Å². The molecule has 296 valence electrons. The molecule has 11 rings (SSSR count). The Hall–Kier alpha value is -4.75. The molecule has 0 amide bonds. The first-order chi connectivity index (χ1) is 37.8. The third kappa shape index (κ3) is 7.30. The maximum atomic E-state index is 7.57. The van der Waals surface area contributed by atoms with E-state index in [1.165, 1.54) is 0 Å². The van der Waals surface area contributed by atoms with Crippen molar-refractivity contribution in [2.24, 2.45) is 0 Å². The number of furan rings is 1. The standard InChI is InChI=1S/C50B30O/c51-19-12(30(62)38(70)32(64)14(19)9-3-10-15(33(65)44(76)43(75)26(10)58)28(60)27(59)13(3)31(63)37(69)25(9)57)2-6-4(20(52)39(71)41(73)22(6)54)1(5-7(2)23(55)42(74)40(72)21(5)53)8-11-17-35(67)29(61)16-18(36(68)46(78)45(77)34(16)66)49(17)81-50(11)48(80)47(79)24(8)56. The van der Waals surface area contributed by atoms with E-state index in [1.807, 2.05) is 0 Å². The smallest absolute Gasteiger partial charge is 0.141 e. The molecule has 10 aromatic carbocycles. The number of fused-ring (bicyclic) bond motifs is 10. The topological polar surface area (TPSA) is 13.1 Å². The lowest BCUT2D eigenvalue weighted by Crippen LogP contribution is -2.52. The molecule has 0 aliphatic heterocycles. The van der Waals surface area contributed by atoms with Crippen LogP contribution in [-0.2, 0) is 0 Å². The summed E-state index contributed by atoms with van der Waals surface area (Å²) < 4.78 is 6.65. The van der Waals surface area contributed by atoms with Crippen LogP contribution in [0.4, 0.5) is 0 Å². The first-order valence-corrected chi connectivity index (χ1v) is 23.8. The van der Waals surface area contributed by atoms with Gasteiger partial charge in [-0.05, 0) is 81.9 Å². The highest BCUT2D eigenvalue weighted by Gasteiger charge is 2.33. The van der Waals surface area contributed by atoms with Gasteiger partial charge in [0.2, 0.25) is 0 Å². The van der Waals surface area contributed by atoms with Crippen LogP contribution < -0.4 is 164 Å². The Balaban J connectivity index is 1.45. The molecule has 0 atom stereocenters. The summed E-state index contributed by atoms with van der Waals surface area (Å²) in [5, 5.41) is 0.218. The van der Waals surface area contributed by atoms with Gasteiger partial charge in [-0.1, -0.05) is 104 Å². The van der Waals surface area contributed by atoms with E-state index in [0.29, 0.717) is 0 Å². The van der Waals surface area contributed by atoms with E-state index in [2.05, 4.69) is 0 Å². The molecule has 0 saturated heterocycles. The molecule has 31 heteroatoms. The Bertz CT molecular complexity index is 4850. The molecule has 0 N–H and O–H groups in total. The van der Waals surface area contributed by atoms with E-state index in [9.17, 15) is 0 Å². The predicted molar refractivity (Wildman–Crippen MR) is 379 cm³/mol. The first-order valence-electron chi connectivity index (χ1n) is 23.8. The van der Waals surface area contributed by atoms with Gasteiger partial charge in [-0.15, -0.1) is 60.1 Å². The lowest BCUT2D eigenvalue weighted by Gasteiger charge is -2.33. The van der Waals surface area contributed by atoms with Crippen LogP contribution in [0.5, 0.6) is 0 Å². The highest BCUT2D eigenvalue weighted by Crippen LogP contribution is 2.44. The van der Waals surface area contributed by atoms with Gasteiger partial charge in [0.05, 0.1) is 0 Å². The number of hydrogen-bond donors (Lipinski definition) is 0. The van der Waals surface area contributed by atoms with Crippen molar-refractivity contribution >= 4 is 475 Å². The Morgan fingerprint density at radius 3 is 0.716 bits per heavy atom. The molecule has 1 aromatic heterocycles. The van der Waals surface area contributed by atoms with E-state index in [-0.39, 0.29) is 273 Å². The average Bonchev–Trinajstić information content (AvgIpc) is 2.50. The molecule has 0 fully saturated rings. The molecule has 81 heavy (non-hydrogen) atoms.